The zero-order valence-electron chi connectivity index (χ0n) is 9.89. The van der Waals surface area contributed by atoms with Gasteiger partial charge in [0, 0.05) is 25.8 Å². The summed E-state index contributed by atoms with van der Waals surface area (Å²) < 4.78 is 7.51. The lowest BCUT2D eigenvalue weighted by molar-refractivity contribution is -0.0317. The van der Waals surface area contributed by atoms with Crippen LogP contribution in [0.5, 0.6) is 0 Å². The minimum Gasteiger partial charge on any atom is -0.376 e. The molecule has 0 amide bonds. The van der Waals surface area contributed by atoms with Gasteiger partial charge in [0.15, 0.2) is 0 Å². The number of halogens is 1. The number of rotatable bonds is 5. The van der Waals surface area contributed by atoms with Gasteiger partial charge in [-0.3, -0.25) is 9.58 Å². The van der Waals surface area contributed by atoms with Gasteiger partial charge in [0.05, 0.1) is 30.5 Å². The fraction of sp³-hybridized carbons (Fsp3) is 0.727. The van der Waals surface area contributed by atoms with E-state index in [2.05, 4.69) is 10.00 Å². The first-order valence-corrected chi connectivity index (χ1v) is 6.37. The second-order valence-electron chi connectivity index (χ2n) is 4.29. The van der Waals surface area contributed by atoms with E-state index in [9.17, 15) is 0 Å². The van der Waals surface area contributed by atoms with Gasteiger partial charge < -0.3 is 10.5 Å². The van der Waals surface area contributed by atoms with E-state index in [0.717, 1.165) is 39.2 Å². The van der Waals surface area contributed by atoms with Gasteiger partial charge in [-0.25, -0.2) is 0 Å². The summed E-state index contributed by atoms with van der Waals surface area (Å²) in [5.74, 6) is 0. The van der Waals surface area contributed by atoms with Crippen LogP contribution >= 0.6 is 11.6 Å². The van der Waals surface area contributed by atoms with E-state index in [1.54, 1.807) is 6.20 Å². The molecule has 0 saturated carbocycles. The molecule has 1 aromatic heterocycles. The van der Waals surface area contributed by atoms with Crippen molar-refractivity contribution in [2.24, 2.45) is 5.73 Å². The van der Waals surface area contributed by atoms with Crippen molar-refractivity contribution < 1.29 is 4.74 Å². The van der Waals surface area contributed by atoms with Crippen molar-refractivity contribution in [1.29, 1.82) is 0 Å². The van der Waals surface area contributed by atoms with Gasteiger partial charge in [0.1, 0.15) is 0 Å². The molecule has 0 aliphatic carbocycles. The van der Waals surface area contributed by atoms with Crippen LogP contribution in [0.1, 0.15) is 6.42 Å². The van der Waals surface area contributed by atoms with Crippen molar-refractivity contribution in [1.82, 2.24) is 14.7 Å². The third kappa shape index (κ3) is 3.96. The highest BCUT2D eigenvalue weighted by molar-refractivity contribution is 6.30. The lowest BCUT2D eigenvalue weighted by atomic mass is 10.2. The van der Waals surface area contributed by atoms with Crippen molar-refractivity contribution >= 4 is 11.6 Å². The quantitative estimate of drug-likeness (QED) is 0.840. The monoisotopic (exact) mass is 258 g/mol. The SMILES string of the molecule is NCCC1CN(CCn2cc(Cl)cn2)CCO1. The van der Waals surface area contributed by atoms with E-state index in [1.165, 1.54) is 0 Å². The molecule has 1 aliphatic rings. The van der Waals surface area contributed by atoms with Crippen molar-refractivity contribution in [3.8, 4) is 0 Å². The molecule has 1 aliphatic heterocycles. The van der Waals surface area contributed by atoms with E-state index in [1.807, 2.05) is 10.9 Å². The van der Waals surface area contributed by atoms with Crippen LogP contribution in [0.3, 0.4) is 0 Å². The molecule has 0 bridgehead atoms. The zero-order valence-corrected chi connectivity index (χ0v) is 10.6. The molecule has 2 N–H and O–H groups in total. The summed E-state index contributed by atoms with van der Waals surface area (Å²) in [6.07, 6.45) is 4.73. The minimum absolute atomic E-state index is 0.287. The molecule has 17 heavy (non-hydrogen) atoms. The van der Waals surface area contributed by atoms with E-state index in [0.29, 0.717) is 11.6 Å². The molecule has 1 unspecified atom stereocenters. The lowest BCUT2D eigenvalue weighted by Crippen LogP contribution is -2.44. The Kier molecular flexibility index (Phi) is 4.79. The predicted octanol–water partition coefficient (Wildman–Crippen LogP) is 0.586. The first-order chi connectivity index (χ1) is 8.28. The average Bonchev–Trinajstić information content (AvgIpc) is 2.74. The fourth-order valence-corrected chi connectivity index (χ4v) is 2.20. The van der Waals surface area contributed by atoms with Crippen molar-refractivity contribution in [2.75, 3.05) is 32.8 Å². The molecule has 0 aromatic carbocycles. The molecule has 1 saturated heterocycles. The Morgan fingerprint density at radius 3 is 3.12 bits per heavy atom. The van der Waals surface area contributed by atoms with E-state index in [4.69, 9.17) is 22.1 Å². The highest BCUT2D eigenvalue weighted by Crippen LogP contribution is 2.09. The minimum atomic E-state index is 0.287. The molecule has 2 heterocycles. The summed E-state index contributed by atoms with van der Waals surface area (Å²) in [4.78, 5) is 2.39. The fourth-order valence-electron chi connectivity index (χ4n) is 2.05. The Morgan fingerprint density at radius 1 is 1.53 bits per heavy atom. The maximum Gasteiger partial charge on any atom is 0.0785 e. The first-order valence-electron chi connectivity index (χ1n) is 6.00. The molecule has 2 rings (SSSR count). The van der Waals surface area contributed by atoms with Gasteiger partial charge >= 0.3 is 0 Å². The van der Waals surface area contributed by atoms with E-state index < -0.39 is 0 Å². The summed E-state index contributed by atoms with van der Waals surface area (Å²) in [7, 11) is 0. The number of hydrogen-bond donors (Lipinski definition) is 1. The van der Waals surface area contributed by atoms with Gasteiger partial charge in [0.2, 0.25) is 0 Å². The summed E-state index contributed by atoms with van der Waals surface area (Å²) in [6.45, 7) is 5.27. The van der Waals surface area contributed by atoms with Crippen LogP contribution < -0.4 is 5.73 Å². The summed E-state index contributed by atoms with van der Waals surface area (Å²) in [5, 5.41) is 4.85. The van der Waals surface area contributed by atoms with Crippen molar-refractivity contribution in [2.45, 2.75) is 19.1 Å². The average molecular weight is 259 g/mol. The summed E-state index contributed by atoms with van der Waals surface area (Å²) >= 11 is 5.82. The topological polar surface area (TPSA) is 56.3 Å². The molecular formula is C11H19ClN4O. The zero-order chi connectivity index (χ0) is 12.1. The summed E-state index contributed by atoms with van der Waals surface area (Å²) in [6, 6.07) is 0. The van der Waals surface area contributed by atoms with Gasteiger partial charge in [-0.2, -0.15) is 5.10 Å². The van der Waals surface area contributed by atoms with Crippen LogP contribution in [0, 0.1) is 0 Å². The molecule has 5 nitrogen and oxygen atoms in total. The van der Waals surface area contributed by atoms with Crippen LogP contribution in [0.25, 0.3) is 0 Å². The highest BCUT2D eigenvalue weighted by atomic mass is 35.5. The molecule has 1 aromatic rings. The molecule has 6 heteroatoms. The predicted molar refractivity (Wildman–Crippen MR) is 67.1 cm³/mol. The molecule has 0 spiro atoms. The molecule has 0 radical (unpaired) electrons. The number of nitrogens with two attached hydrogens (primary N) is 1. The number of aromatic nitrogens is 2. The largest absolute Gasteiger partial charge is 0.376 e. The van der Waals surface area contributed by atoms with Gasteiger partial charge in [0.25, 0.3) is 0 Å². The van der Waals surface area contributed by atoms with Crippen molar-refractivity contribution in [3.63, 3.8) is 0 Å². The van der Waals surface area contributed by atoms with Gasteiger partial charge in [-0.1, -0.05) is 11.6 Å². The van der Waals surface area contributed by atoms with Crippen LogP contribution in [0.2, 0.25) is 5.02 Å². The van der Waals surface area contributed by atoms with Crippen LogP contribution in [0.15, 0.2) is 12.4 Å². The third-order valence-corrected chi connectivity index (χ3v) is 3.15. The maximum atomic E-state index is 5.82. The van der Waals surface area contributed by atoms with Gasteiger partial charge in [-0.05, 0) is 13.0 Å². The Balaban J connectivity index is 1.75. The number of ether oxygens (including phenoxy) is 1. The van der Waals surface area contributed by atoms with Crippen LogP contribution in [-0.2, 0) is 11.3 Å². The Morgan fingerprint density at radius 2 is 2.41 bits per heavy atom. The number of nitrogens with zero attached hydrogens (tertiary/aromatic N) is 3. The normalized spacial score (nSPS) is 21.9. The second-order valence-corrected chi connectivity index (χ2v) is 4.73. The molecule has 96 valence electrons. The Bertz CT molecular complexity index is 342. The standard InChI is InChI=1S/C11H19ClN4O/c12-10-7-14-16(8-10)4-3-15-5-6-17-11(9-15)1-2-13/h7-8,11H,1-6,9,13H2. The molecule has 1 fully saturated rings. The number of morpholine rings is 1. The Hall–Kier alpha value is -0.620. The summed E-state index contributed by atoms with van der Waals surface area (Å²) in [5.41, 5.74) is 5.55. The molecule has 1 atom stereocenters. The Labute approximate surface area is 106 Å². The van der Waals surface area contributed by atoms with E-state index in [-0.39, 0.29) is 6.10 Å². The smallest absolute Gasteiger partial charge is 0.0785 e. The first kappa shape index (κ1) is 12.8. The van der Waals surface area contributed by atoms with Crippen molar-refractivity contribution in [3.05, 3.63) is 17.4 Å². The van der Waals surface area contributed by atoms with Gasteiger partial charge in [-0.15, -0.1) is 0 Å². The third-order valence-electron chi connectivity index (χ3n) is 2.96. The van der Waals surface area contributed by atoms with Crippen LogP contribution in [-0.4, -0.2) is 53.6 Å². The number of hydrogen-bond acceptors (Lipinski definition) is 4. The van der Waals surface area contributed by atoms with Crippen LogP contribution in [0.4, 0.5) is 0 Å². The lowest BCUT2D eigenvalue weighted by Gasteiger charge is -2.32. The molecular weight excluding hydrogens is 240 g/mol. The maximum absolute atomic E-state index is 5.82. The van der Waals surface area contributed by atoms with E-state index >= 15 is 0 Å². The second kappa shape index (κ2) is 6.35. The highest BCUT2D eigenvalue weighted by Gasteiger charge is 2.19.